The van der Waals surface area contributed by atoms with Crippen LogP contribution in [0.1, 0.15) is 23.2 Å². The Morgan fingerprint density at radius 1 is 1.11 bits per heavy atom. The molecule has 2 aromatic rings. The zero-order valence-corrected chi connectivity index (χ0v) is 15.3. The normalized spacial score (nSPS) is 15.6. The molecule has 0 atom stereocenters. The summed E-state index contributed by atoms with van der Waals surface area (Å²) in [6.07, 6.45) is 2.09. The second-order valence-corrected chi connectivity index (χ2v) is 6.87. The molecule has 0 radical (unpaired) electrons. The SMILES string of the molecule is CN1CCC(N(C)c2cccc(NC(=O)c3ccc(F)c(F)c3F)c2)CC1. The second-order valence-electron chi connectivity index (χ2n) is 6.87. The molecule has 4 nitrogen and oxygen atoms in total. The summed E-state index contributed by atoms with van der Waals surface area (Å²) in [4.78, 5) is 16.7. The Bertz CT molecular complexity index is 835. The number of nitrogens with one attached hydrogen (secondary N) is 1. The van der Waals surface area contributed by atoms with Gasteiger partial charge < -0.3 is 15.1 Å². The highest BCUT2D eigenvalue weighted by molar-refractivity contribution is 6.04. The van der Waals surface area contributed by atoms with Gasteiger partial charge in [0.25, 0.3) is 5.91 Å². The van der Waals surface area contributed by atoms with Crippen molar-refractivity contribution in [2.75, 3.05) is 37.4 Å². The maximum absolute atomic E-state index is 13.8. The average molecular weight is 377 g/mol. The van der Waals surface area contributed by atoms with Crippen molar-refractivity contribution in [1.82, 2.24) is 4.90 Å². The van der Waals surface area contributed by atoms with Crippen LogP contribution in [-0.2, 0) is 0 Å². The Labute approximate surface area is 156 Å². The van der Waals surface area contributed by atoms with E-state index >= 15 is 0 Å². The van der Waals surface area contributed by atoms with Gasteiger partial charge in [-0.2, -0.15) is 0 Å². The maximum Gasteiger partial charge on any atom is 0.258 e. The van der Waals surface area contributed by atoms with Gasteiger partial charge in [-0.1, -0.05) is 6.07 Å². The van der Waals surface area contributed by atoms with E-state index < -0.39 is 28.9 Å². The van der Waals surface area contributed by atoms with Crippen molar-refractivity contribution < 1.29 is 18.0 Å². The third-order valence-corrected chi connectivity index (χ3v) is 5.03. The molecule has 0 bridgehead atoms. The van der Waals surface area contributed by atoms with Gasteiger partial charge in [0.1, 0.15) is 0 Å². The first-order valence-corrected chi connectivity index (χ1v) is 8.83. The molecule has 1 aliphatic heterocycles. The number of halogens is 3. The summed E-state index contributed by atoms with van der Waals surface area (Å²) in [5.41, 5.74) is 0.845. The van der Waals surface area contributed by atoms with Gasteiger partial charge >= 0.3 is 0 Å². The summed E-state index contributed by atoms with van der Waals surface area (Å²) >= 11 is 0. The Morgan fingerprint density at radius 2 is 1.81 bits per heavy atom. The number of nitrogens with zero attached hydrogens (tertiary/aromatic N) is 2. The van der Waals surface area contributed by atoms with Crippen molar-refractivity contribution in [2.45, 2.75) is 18.9 Å². The number of hydrogen-bond acceptors (Lipinski definition) is 3. The van der Waals surface area contributed by atoms with Gasteiger partial charge in [0.15, 0.2) is 17.5 Å². The van der Waals surface area contributed by atoms with E-state index in [1.165, 1.54) is 0 Å². The van der Waals surface area contributed by atoms with Crippen LogP contribution in [0.25, 0.3) is 0 Å². The molecule has 1 saturated heterocycles. The molecule has 144 valence electrons. The monoisotopic (exact) mass is 377 g/mol. The first kappa shape index (κ1) is 19.2. The fraction of sp³-hybridized carbons (Fsp3) is 0.350. The zero-order valence-electron chi connectivity index (χ0n) is 15.3. The van der Waals surface area contributed by atoms with E-state index in [1.54, 1.807) is 18.2 Å². The molecule has 0 aromatic heterocycles. The first-order valence-electron chi connectivity index (χ1n) is 8.83. The number of rotatable bonds is 4. The number of carbonyl (C=O) groups is 1. The van der Waals surface area contributed by atoms with E-state index in [1.807, 2.05) is 13.1 Å². The van der Waals surface area contributed by atoms with Crippen LogP contribution in [0.5, 0.6) is 0 Å². The predicted octanol–water partition coefficient (Wildman–Crippen LogP) is 3.89. The Kier molecular flexibility index (Phi) is 5.70. The Balaban J connectivity index is 1.74. The highest BCUT2D eigenvalue weighted by Gasteiger charge is 2.22. The molecule has 27 heavy (non-hydrogen) atoms. The van der Waals surface area contributed by atoms with E-state index in [2.05, 4.69) is 22.2 Å². The third kappa shape index (κ3) is 4.24. The standard InChI is InChI=1S/C20H22F3N3O/c1-25-10-8-14(9-11-25)26(2)15-5-3-4-13(12-15)24-20(27)16-6-7-17(21)19(23)18(16)22/h3-7,12,14H,8-11H2,1-2H3,(H,24,27). The van der Waals surface area contributed by atoms with Gasteiger partial charge in [-0.15, -0.1) is 0 Å². The van der Waals surface area contributed by atoms with Crippen LogP contribution in [0.2, 0.25) is 0 Å². The van der Waals surface area contributed by atoms with Crippen molar-refractivity contribution in [1.29, 1.82) is 0 Å². The lowest BCUT2D eigenvalue weighted by Gasteiger charge is -2.36. The summed E-state index contributed by atoms with van der Waals surface area (Å²) in [5, 5.41) is 2.55. The first-order chi connectivity index (χ1) is 12.9. The van der Waals surface area contributed by atoms with Crippen LogP contribution < -0.4 is 10.2 Å². The number of hydrogen-bond donors (Lipinski definition) is 1. The van der Waals surface area contributed by atoms with E-state index in [0.29, 0.717) is 11.7 Å². The van der Waals surface area contributed by atoms with Crippen LogP contribution in [0.4, 0.5) is 24.5 Å². The summed E-state index contributed by atoms with van der Waals surface area (Å²) in [5.74, 6) is -5.30. The Hall–Kier alpha value is -2.54. The largest absolute Gasteiger partial charge is 0.371 e. The third-order valence-electron chi connectivity index (χ3n) is 5.03. The van der Waals surface area contributed by atoms with Crippen LogP contribution in [0.3, 0.4) is 0 Å². The minimum absolute atomic E-state index is 0.399. The number of amides is 1. The molecule has 3 rings (SSSR count). The van der Waals surface area contributed by atoms with Crippen LogP contribution in [-0.4, -0.2) is 44.0 Å². The van der Waals surface area contributed by atoms with Crippen LogP contribution >= 0.6 is 0 Å². The van der Waals surface area contributed by atoms with Gasteiger partial charge in [-0.25, -0.2) is 13.2 Å². The molecule has 7 heteroatoms. The molecule has 1 N–H and O–H groups in total. The van der Waals surface area contributed by atoms with Crippen molar-refractivity contribution in [3.63, 3.8) is 0 Å². The lowest BCUT2D eigenvalue weighted by Crippen LogP contribution is -2.42. The smallest absolute Gasteiger partial charge is 0.258 e. The number of benzene rings is 2. The van der Waals surface area contributed by atoms with E-state index in [9.17, 15) is 18.0 Å². The number of piperidine rings is 1. The minimum Gasteiger partial charge on any atom is -0.371 e. The molecule has 0 spiro atoms. The molecule has 2 aromatic carbocycles. The maximum atomic E-state index is 13.8. The second kappa shape index (κ2) is 8.00. The molecule has 1 aliphatic rings. The summed E-state index contributed by atoms with van der Waals surface area (Å²) in [7, 11) is 4.11. The number of carbonyl (C=O) groups excluding carboxylic acids is 1. The summed E-state index contributed by atoms with van der Waals surface area (Å²) in [6.45, 7) is 2.06. The lowest BCUT2D eigenvalue weighted by atomic mass is 10.0. The topological polar surface area (TPSA) is 35.6 Å². The molecule has 0 saturated carbocycles. The summed E-state index contributed by atoms with van der Waals surface area (Å²) in [6, 6.07) is 9.24. The minimum atomic E-state index is -1.65. The van der Waals surface area contributed by atoms with Crippen molar-refractivity contribution >= 4 is 17.3 Å². The van der Waals surface area contributed by atoms with Gasteiger partial charge in [0, 0.05) is 24.5 Å². The molecule has 1 amide bonds. The van der Waals surface area contributed by atoms with Crippen molar-refractivity contribution in [2.24, 2.45) is 0 Å². The van der Waals surface area contributed by atoms with Crippen molar-refractivity contribution in [3.05, 3.63) is 59.4 Å². The quantitative estimate of drug-likeness (QED) is 0.822. The van der Waals surface area contributed by atoms with E-state index in [0.717, 1.165) is 43.8 Å². The average Bonchev–Trinajstić information content (AvgIpc) is 2.66. The van der Waals surface area contributed by atoms with Gasteiger partial charge in [-0.3, -0.25) is 4.79 Å². The number of anilines is 2. The lowest BCUT2D eigenvalue weighted by molar-refractivity contribution is 0.102. The fourth-order valence-corrected chi connectivity index (χ4v) is 3.30. The van der Waals surface area contributed by atoms with Gasteiger partial charge in [0.05, 0.1) is 5.56 Å². The molecule has 1 fully saturated rings. The Morgan fingerprint density at radius 3 is 2.52 bits per heavy atom. The molecule has 0 unspecified atom stereocenters. The van der Waals surface area contributed by atoms with Crippen molar-refractivity contribution in [3.8, 4) is 0 Å². The number of likely N-dealkylation sites (tertiary alicyclic amines) is 1. The fourth-order valence-electron chi connectivity index (χ4n) is 3.30. The van der Waals surface area contributed by atoms with E-state index in [-0.39, 0.29) is 0 Å². The predicted molar refractivity (Wildman–Crippen MR) is 99.6 cm³/mol. The van der Waals surface area contributed by atoms with E-state index in [4.69, 9.17) is 0 Å². The molecule has 1 heterocycles. The highest BCUT2D eigenvalue weighted by atomic mass is 19.2. The van der Waals surface area contributed by atoms with Crippen LogP contribution in [0.15, 0.2) is 36.4 Å². The molecular formula is C20H22F3N3O. The van der Waals surface area contributed by atoms with Gasteiger partial charge in [-0.05, 0) is 63.3 Å². The highest BCUT2D eigenvalue weighted by Crippen LogP contribution is 2.25. The zero-order chi connectivity index (χ0) is 19.6. The molecule has 0 aliphatic carbocycles. The van der Waals surface area contributed by atoms with Crippen LogP contribution in [0, 0.1) is 17.5 Å². The summed E-state index contributed by atoms with van der Waals surface area (Å²) < 4.78 is 40.2. The van der Waals surface area contributed by atoms with Gasteiger partial charge in [0.2, 0.25) is 0 Å². The molecular weight excluding hydrogens is 355 g/mol.